The van der Waals surface area contributed by atoms with Gasteiger partial charge in [0.25, 0.3) is 5.91 Å². The van der Waals surface area contributed by atoms with Crippen LogP contribution in [0, 0.1) is 0 Å². The van der Waals surface area contributed by atoms with Crippen LogP contribution in [-0.2, 0) is 25.7 Å². The second-order valence-electron chi connectivity index (χ2n) is 8.18. The van der Waals surface area contributed by atoms with E-state index in [4.69, 9.17) is 4.74 Å². The quantitative estimate of drug-likeness (QED) is 0.625. The summed E-state index contributed by atoms with van der Waals surface area (Å²) in [4.78, 5) is 61.2. The van der Waals surface area contributed by atoms with Crippen LogP contribution >= 0.6 is 0 Å². The molecule has 0 aromatic heterocycles. The molecule has 1 atom stereocenters. The SMILES string of the molecule is CC(C)(C)OC(=O)NCC(=O)Nc1ccc2c(c1)CN(C1CCC(=O)NC1=O)C2=O. The zero-order valence-electron chi connectivity index (χ0n) is 17.0. The number of carbonyl (C=O) groups is 5. The Hall–Kier alpha value is -3.43. The van der Waals surface area contributed by atoms with E-state index in [1.807, 2.05) is 0 Å². The number of rotatable bonds is 4. The third-order valence-electron chi connectivity index (χ3n) is 4.60. The Kier molecular flexibility index (Phi) is 5.77. The van der Waals surface area contributed by atoms with Gasteiger partial charge in [-0.1, -0.05) is 0 Å². The first-order valence-electron chi connectivity index (χ1n) is 9.58. The molecule has 2 aliphatic heterocycles. The van der Waals surface area contributed by atoms with Crippen LogP contribution in [0.1, 0.15) is 49.5 Å². The van der Waals surface area contributed by atoms with Crippen LogP contribution in [-0.4, -0.2) is 52.8 Å². The molecule has 1 unspecified atom stereocenters. The number of imide groups is 1. The molecule has 0 radical (unpaired) electrons. The topological polar surface area (TPSA) is 134 Å². The highest BCUT2D eigenvalue weighted by Crippen LogP contribution is 2.29. The van der Waals surface area contributed by atoms with Gasteiger partial charge < -0.3 is 20.3 Å². The van der Waals surface area contributed by atoms with Crippen molar-refractivity contribution in [2.24, 2.45) is 0 Å². The lowest BCUT2D eigenvalue weighted by atomic mass is 10.0. The summed E-state index contributed by atoms with van der Waals surface area (Å²) in [6.45, 7) is 5.09. The summed E-state index contributed by atoms with van der Waals surface area (Å²) in [6.07, 6.45) is -0.232. The summed E-state index contributed by atoms with van der Waals surface area (Å²) >= 11 is 0. The number of benzene rings is 1. The van der Waals surface area contributed by atoms with Gasteiger partial charge in [-0.3, -0.25) is 24.5 Å². The van der Waals surface area contributed by atoms with Gasteiger partial charge >= 0.3 is 6.09 Å². The van der Waals surface area contributed by atoms with Crippen LogP contribution < -0.4 is 16.0 Å². The maximum atomic E-state index is 12.7. The number of ether oxygens (including phenoxy) is 1. The van der Waals surface area contributed by atoms with Gasteiger partial charge in [0.05, 0.1) is 0 Å². The van der Waals surface area contributed by atoms with Gasteiger partial charge in [-0.05, 0) is 51.0 Å². The molecule has 30 heavy (non-hydrogen) atoms. The summed E-state index contributed by atoms with van der Waals surface area (Å²) in [6, 6.07) is 4.12. The highest BCUT2D eigenvalue weighted by atomic mass is 16.6. The molecular weight excluding hydrogens is 392 g/mol. The first-order valence-corrected chi connectivity index (χ1v) is 9.58. The average molecular weight is 416 g/mol. The molecule has 3 rings (SSSR count). The molecule has 1 fully saturated rings. The van der Waals surface area contributed by atoms with Crippen LogP contribution in [0.25, 0.3) is 0 Å². The predicted molar refractivity (Wildman–Crippen MR) is 105 cm³/mol. The van der Waals surface area contributed by atoms with E-state index in [0.717, 1.165) is 0 Å². The Balaban J connectivity index is 1.59. The molecular formula is C20H24N4O6. The van der Waals surface area contributed by atoms with Crippen molar-refractivity contribution < 1.29 is 28.7 Å². The second kappa shape index (κ2) is 8.13. The fraction of sp³-hybridized carbons (Fsp3) is 0.450. The lowest BCUT2D eigenvalue weighted by molar-refractivity contribution is -0.137. The van der Waals surface area contributed by atoms with Crippen LogP contribution in [0.15, 0.2) is 18.2 Å². The molecule has 2 aliphatic rings. The molecule has 3 N–H and O–H groups in total. The third-order valence-corrected chi connectivity index (χ3v) is 4.60. The van der Waals surface area contributed by atoms with E-state index >= 15 is 0 Å². The minimum absolute atomic E-state index is 0.183. The minimum Gasteiger partial charge on any atom is -0.444 e. The molecule has 1 aromatic carbocycles. The van der Waals surface area contributed by atoms with Crippen molar-refractivity contribution in [1.29, 1.82) is 0 Å². The standard InChI is InChI=1S/C20H24N4O6/c1-20(2,3)30-19(29)21-9-16(26)22-12-4-5-13-11(8-12)10-24(18(13)28)14-6-7-15(25)23-17(14)27/h4-5,8,14H,6-7,9-10H2,1-3H3,(H,21,29)(H,22,26)(H,23,25,27). The molecule has 5 amide bonds. The largest absolute Gasteiger partial charge is 0.444 e. The second-order valence-corrected chi connectivity index (χ2v) is 8.18. The van der Waals surface area contributed by atoms with Crippen LogP contribution in [0.4, 0.5) is 10.5 Å². The van der Waals surface area contributed by atoms with Gasteiger partial charge in [-0.2, -0.15) is 0 Å². The number of hydrogen-bond acceptors (Lipinski definition) is 6. The first-order chi connectivity index (χ1) is 14.0. The van der Waals surface area contributed by atoms with E-state index in [1.165, 1.54) is 4.90 Å². The fourth-order valence-corrected chi connectivity index (χ4v) is 3.32. The maximum absolute atomic E-state index is 12.7. The van der Waals surface area contributed by atoms with Crippen LogP contribution in [0.5, 0.6) is 0 Å². The number of fused-ring (bicyclic) bond motifs is 1. The Bertz CT molecular complexity index is 920. The molecule has 0 saturated carbocycles. The third kappa shape index (κ3) is 4.94. The molecule has 0 spiro atoms. The van der Waals surface area contributed by atoms with E-state index in [1.54, 1.807) is 39.0 Å². The smallest absolute Gasteiger partial charge is 0.408 e. The molecule has 0 bridgehead atoms. The Morgan fingerprint density at radius 2 is 1.97 bits per heavy atom. The van der Waals surface area contributed by atoms with Gasteiger partial charge in [0.15, 0.2) is 0 Å². The van der Waals surface area contributed by atoms with Gasteiger partial charge in [-0.25, -0.2) is 4.79 Å². The molecule has 10 nitrogen and oxygen atoms in total. The van der Waals surface area contributed by atoms with Crippen LogP contribution in [0.2, 0.25) is 0 Å². The zero-order chi connectivity index (χ0) is 22.1. The monoisotopic (exact) mass is 416 g/mol. The molecule has 0 aliphatic carbocycles. The summed E-state index contributed by atoms with van der Waals surface area (Å²) in [5, 5.41) is 7.27. The summed E-state index contributed by atoms with van der Waals surface area (Å²) in [5.41, 5.74) is 0.913. The van der Waals surface area contributed by atoms with Crippen molar-refractivity contribution in [3.05, 3.63) is 29.3 Å². The number of piperidine rings is 1. The maximum Gasteiger partial charge on any atom is 0.408 e. The first kappa shape index (κ1) is 21.3. The van der Waals surface area contributed by atoms with E-state index in [-0.39, 0.29) is 37.7 Å². The predicted octanol–water partition coefficient (Wildman–Crippen LogP) is 0.911. The summed E-state index contributed by atoms with van der Waals surface area (Å²) in [7, 11) is 0. The Morgan fingerprint density at radius 1 is 1.23 bits per heavy atom. The molecule has 2 heterocycles. The lowest BCUT2D eigenvalue weighted by Gasteiger charge is -2.29. The highest BCUT2D eigenvalue weighted by Gasteiger charge is 2.39. The highest BCUT2D eigenvalue weighted by molar-refractivity contribution is 6.05. The van der Waals surface area contributed by atoms with E-state index in [2.05, 4.69) is 16.0 Å². The van der Waals surface area contributed by atoms with Gasteiger partial charge in [0.1, 0.15) is 18.2 Å². The lowest BCUT2D eigenvalue weighted by Crippen LogP contribution is -2.52. The van der Waals surface area contributed by atoms with Crippen molar-refractivity contribution in [1.82, 2.24) is 15.5 Å². The van der Waals surface area contributed by atoms with Crippen molar-refractivity contribution in [3.63, 3.8) is 0 Å². The number of hydrogen-bond donors (Lipinski definition) is 3. The fourth-order valence-electron chi connectivity index (χ4n) is 3.32. The van der Waals surface area contributed by atoms with Crippen molar-refractivity contribution in [2.75, 3.05) is 11.9 Å². The van der Waals surface area contributed by atoms with E-state index < -0.39 is 29.6 Å². The van der Waals surface area contributed by atoms with Crippen molar-refractivity contribution in [3.8, 4) is 0 Å². The Morgan fingerprint density at radius 3 is 2.63 bits per heavy atom. The molecule has 1 saturated heterocycles. The molecule has 1 aromatic rings. The zero-order valence-corrected chi connectivity index (χ0v) is 17.0. The number of amides is 5. The summed E-state index contributed by atoms with van der Waals surface area (Å²) in [5.74, 6) is -1.56. The van der Waals surface area contributed by atoms with Crippen molar-refractivity contribution in [2.45, 2.75) is 51.8 Å². The number of nitrogens with one attached hydrogen (secondary N) is 3. The van der Waals surface area contributed by atoms with E-state index in [9.17, 15) is 24.0 Å². The summed E-state index contributed by atoms with van der Waals surface area (Å²) < 4.78 is 5.07. The number of alkyl carbamates (subject to hydrolysis) is 1. The Labute approximate surface area is 173 Å². The minimum atomic E-state index is -0.697. The number of nitrogens with zero attached hydrogens (tertiary/aromatic N) is 1. The van der Waals surface area contributed by atoms with Gasteiger partial charge in [0.2, 0.25) is 17.7 Å². The van der Waals surface area contributed by atoms with Crippen molar-refractivity contribution >= 4 is 35.4 Å². The number of anilines is 1. The normalized spacial score (nSPS) is 18.6. The van der Waals surface area contributed by atoms with Gasteiger partial charge in [-0.15, -0.1) is 0 Å². The average Bonchev–Trinajstić information content (AvgIpc) is 2.94. The van der Waals surface area contributed by atoms with E-state index in [0.29, 0.717) is 16.8 Å². The number of carbonyl (C=O) groups excluding carboxylic acids is 5. The van der Waals surface area contributed by atoms with Gasteiger partial charge in [0, 0.05) is 24.2 Å². The molecule has 160 valence electrons. The van der Waals surface area contributed by atoms with Crippen LogP contribution in [0.3, 0.4) is 0 Å². The molecule has 10 heteroatoms.